The van der Waals surface area contributed by atoms with E-state index in [9.17, 15) is 9.59 Å². The highest BCUT2D eigenvalue weighted by Crippen LogP contribution is 2.14. The van der Waals surface area contributed by atoms with E-state index < -0.39 is 0 Å². The third-order valence-corrected chi connectivity index (χ3v) is 3.61. The molecule has 130 valence electrons. The van der Waals surface area contributed by atoms with E-state index in [0.717, 1.165) is 18.4 Å². The predicted molar refractivity (Wildman–Crippen MR) is 101 cm³/mol. The van der Waals surface area contributed by atoms with Gasteiger partial charge in [0.2, 0.25) is 5.91 Å². The minimum Gasteiger partial charge on any atom is -0.462 e. The molecule has 2 aromatic carbocycles. The van der Waals surface area contributed by atoms with Gasteiger partial charge < -0.3 is 10.1 Å². The molecule has 0 bridgehead atoms. The Labute approximate surface area is 152 Å². The summed E-state index contributed by atoms with van der Waals surface area (Å²) in [6.45, 7) is 2.43. The van der Waals surface area contributed by atoms with Gasteiger partial charge in [-0.15, -0.1) is 0 Å². The lowest BCUT2D eigenvalue weighted by Gasteiger charge is -2.06. The van der Waals surface area contributed by atoms with E-state index in [4.69, 9.17) is 16.3 Å². The highest BCUT2D eigenvalue weighted by atomic mass is 35.5. The number of carbonyl (C=O) groups excluding carboxylic acids is 2. The highest BCUT2D eigenvalue weighted by Gasteiger charge is 2.08. The van der Waals surface area contributed by atoms with Crippen LogP contribution in [0.2, 0.25) is 5.02 Å². The van der Waals surface area contributed by atoms with Gasteiger partial charge in [-0.05, 0) is 48.4 Å². The maximum Gasteiger partial charge on any atom is 0.338 e. The summed E-state index contributed by atoms with van der Waals surface area (Å²) in [5.41, 5.74) is 1.77. The molecule has 4 nitrogen and oxygen atoms in total. The lowest BCUT2D eigenvalue weighted by Crippen LogP contribution is -2.10. The lowest BCUT2D eigenvalue weighted by molar-refractivity contribution is -0.111. The van der Waals surface area contributed by atoms with Crippen LogP contribution in [0.4, 0.5) is 5.69 Å². The van der Waals surface area contributed by atoms with Gasteiger partial charge in [-0.3, -0.25) is 4.79 Å². The molecule has 0 spiro atoms. The monoisotopic (exact) mass is 357 g/mol. The SMILES string of the molecule is CCCCOC(=O)c1cccc(NC(=O)/C=C/c2cccc(Cl)c2)c1. The molecule has 0 radical (unpaired) electrons. The van der Waals surface area contributed by atoms with E-state index in [1.165, 1.54) is 6.08 Å². The summed E-state index contributed by atoms with van der Waals surface area (Å²) in [5, 5.41) is 3.33. The standard InChI is InChI=1S/C20H20ClNO3/c1-2-3-12-25-20(24)16-7-5-9-18(14-16)22-19(23)11-10-15-6-4-8-17(21)13-15/h4-11,13-14H,2-3,12H2,1H3,(H,22,23)/b11-10+. The molecule has 1 N–H and O–H groups in total. The van der Waals surface area contributed by atoms with Crippen LogP contribution < -0.4 is 5.32 Å². The molecule has 0 saturated carbocycles. The van der Waals surface area contributed by atoms with E-state index in [1.807, 2.05) is 19.1 Å². The number of nitrogens with one attached hydrogen (secondary N) is 1. The second kappa shape index (κ2) is 9.64. The van der Waals surface area contributed by atoms with Crippen LogP contribution in [-0.4, -0.2) is 18.5 Å². The van der Waals surface area contributed by atoms with Crippen molar-refractivity contribution < 1.29 is 14.3 Å². The van der Waals surface area contributed by atoms with E-state index in [2.05, 4.69) is 5.32 Å². The molecule has 5 heteroatoms. The van der Waals surface area contributed by atoms with Crippen molar-refractivity contribution in [3.05, 3.63) is 70.8 Å². The average molecular weight is 358 g/mol. The van der Waals surface area contributed by atoms with Crippen molar-refractivity contribution in [2.24, 2.45) is 0 Å². The van der Waals surface area contributed by atoms with E-state index in [-0.39, 0.29) is 11.9 Å². The van der Waals surface area contributed by atoms with Gasteiger partial charge in [0.15, 0.2) is 0 Å². The normalized spacial score (nSPS) is 10.6. The number of hydrogen-bond acceptors (Lipinski definition) is 3. The van der Waals surface area contributed by atoms with Crippen LogP contribution in [0.3, 0.4) is 0 Å². The summed E-state index contributed by atoms with van der Waals surface area (Å²) < 4.78 is 5.17. The van der Waals surface area contributed by atoms with Crippen LogP contribution in [0.1, 0.15) is 35.7 Å². The van der Waals surface area contributed by atoms with Crippen molar-refractivity contribution in [2.45, 2.75) is 19.8 Å². The Hall–Kier alpha value is -2.59. The lowest BCUT2D eigenvalue weighted by atomic mass is 10.2. The molecule has 1 amide bonds. The van der Waals surface area contributed by atoms with E-state index in [1.54, 1.807) is 42.5 Å². The van der Waals surface area contributed by atoms with Gasteiger partial charge in [0.25, 0.3) is 0 Å². The van der Waals surface area contributed by atoms with Crippen LogP contribution >= 0.6 is 11.6 Å². The fourth-order valence-electron chi connectivity index (χ4n) is 2.08. The molecule has 0 fully saturated rings. The maximum absolute atomic E-state index is 12.0. The molecule has 0 saturated heterocycles. The van der Waals surface area contributed by atoms with Crippen molar-refractivity contribution in [1.29, 1.82) is 0 Å². The van der Waals surface area contributed by atoms with Crippen molar-refractivity contribution in [3.8, 4) is 0 Å². The van der Waals surface area contributed by atoms with Gasteiger partial charge in [0.1, 0.15) is 0 Å². The van der Waals surface area contributed by atoms with Crippen molar-refractivity contribution in [3.63, 3.8) is 0 Å². The Bertz CT molecular complexity index is 771. The van der Waals surface area contributed by atoms with Gasteiger partial charge in [0, 0.05) is 16.8 Å². The Morgan fingerprint density at radius 3 is 2.72 bits per heavy atom. The van der Waals surface area contributed by atoms with E-state index >= 15 is 0 Å². The molecule has 0 unspecified atom stereocenters. The molecule has 0 aromatic heterocycles. The molecule has 0 aliphatic rings. The zero-order valence-electron chi connectivity index (χ0n) is 14.0. The Morgan fingerprint density at radius 1 is 1.16 bits per heavy atom. The molecule has 0 aliphatic heterocycles. The van der Waals surface area contributed by atoms with Crippen LogP contribution in [0.25, 0.3) is 6.08 Å². The number of rotatable bonds is 7. The number of unbranched alkanes of at least 4 members (excludes halogenated alkanes) is 1. The van der Waals surface area contributed by atoms with Gasteiger partial charge in [-0.1, -0.05) is 43.1 Å². The summed E-state index contributed by atoms with van der Waals surface area (Å²) >= 11 is 5.90. The zero-order valence-corrected chi connectivity index (χ0v) is 14.8. The minimum atomic E-state index is -0.390. The molecular formula is C20H20ClNO3. The molecule has 2 aromatic rings. The Morgan fingerprint density at radius 2 is 1.96 bits per heavy atom. The molecule has 0 aliphatic carbocycles. The largest absolute Gasteiger partial charge is 0.462 e. The Kier molecular flexibility index (Phi) is 7.23. The number of amides is 1. The van der Waals surface area contributed by atoms with Gasteiger partial charge >= 0.3 is 5.97 Å². The third-order valence-electron chi connectivity index (χ3n) is 3.37. The number of carbonyl (C=O) groups is 2. The van der Waals surface area contributed by atoms with Crippen molar-refractivity contribution in [2.75, 3.05) is 11.9 Å². The summed E-state index contributed by atoms with van der Waals surface area (Å²) in [6.07, 6.45) is 4.88. The second-order valence-corrected chi connectivity index (χ2v) is 5.88. The number of halogens is 1. The molecule has 0 heterocycles. The molecule has 0 atom stereocenters. The molecule has 25 heavy (non-hydrogen) atoms. The molecular weight excluding hydrogens is 338 g/mol. The number of anilines is 1. The maximum atomic E-state index is 12.0. The summed E-state index contributed by atoms with van der Waals surface area (Å²) in [4.78, 5) is 24.0. The first-order valence-electron chi connectivity index (χ1n) is 8.10. The number of hydrogen-bond donors (Lipinski definition) is 1. The number of benzene rings is 2. The average Bonchev–Trinajstić information content (AvgIpc) is 2.60. The van der Waals surface area contributed by atoms with Crippen molar-refractivity contribution in [1.82, 2.24) is 0 Å². The smallest absolute Gasteiger partial charge is 0.338 e. The topological polar surface area (TPSA) is 55.4 Å². The zero-order chi connectivity index (χ0) is 18.1. The fraction of sp³-hybridized carbons (Fsp3) is 0.200. The molecule has 2 rings (SSSR count). The van der Waals surface area contributed by atoms with Gasteiger partial charge in [-0.25, -0.2) is 4.79 Å². The second-order valence-electron chi connectivity index (χ2n) is 5.45. The number of esters is 1. The van der Waals surface area contributed by atoms with Crippen molar-refractivity contribution >= 4 is 35.2 Å². The van der Waals surface area contributed by atoms with Crippen LogP contribution in [0, 0.1) is 0 Å². The fourth-order valence-corrected chi connectivity index (χ4v) is 2.28. The third kappa shape index (κ3) is 6.43. The summed E-state index contributed by atoms with van der Waals surface area (Å²) in [5.74, 6) is -0.685. The summed E-state index contributed by atoms with van der Waals surface area (Å²) in [6, 6.07) is 13.9. The Balaban J connectivity index is 1.96. The highest BCUT2D eigenvalue weighted by molar-refractivity contribution is 6.30. The summed E-state index contributed by atoms with van der Waals surface area (Å²) in [7, 11) is 0. The predicted octanol–water partition coefficient (Wildman–Crippen LogP) is 4.95. The first kappa shape index (κ1) is 18.7. The van der Waals surface area contributed by atoms with Crippen LogP contribution in [-0.2, 0) is 9.53 Å². The minimum absolute atomic E-state index is 0.295. The first-order valence-corrected chi connectivity index (χ1v) is 8.48. The van der Waals surface area contributed by atoms with Crippen LogP contribution in [0.5, 0.6) is 0 Å². The quantitative estimate of drug-likeness (QED) is 0.433. The van der Waals surface area contributed by atoms with Gasteiger partial charge in [0.05, 0.1) is 12.2 Å². The van der Waals surface area contributed by atoms with Crippen LogP contribution in [0.15, 0.2) is 54.6 Å². The first-order chi connectivity index (χ1) is 12.1. The number of ether oxygens (including phenoxy) is 1. The van der Waals surface area contributed by atoms with Gasteiger partial charge in [-0.2, -0.15) is 0 Å². The van der Waals surface area contributed by atoms with E-state index in [0.29, 0.717) is 22.9 Å².